The van der Waals surface area contributed by atoms with Gasteiger partial charge < -0.3 is 24.6 Å². The Hall–Kier alpha value is -3.45. The van der Waals surface area contributed by atoms with Crippen molar-refractivity contribution in [3.8, 4) is 6.07 Å². The zero-order valence-electron chi connectivity index (χ0n) is 19.3. The Morgan fingerprint density at radius 1 is 1.31 bits per heavy atom. The summed E-state index contributed by atoms with van der Waals surface area (Å²) in [7, 11) is 1.27. The highest BCUT2D eigenvalue weighted by Crippen LogP contribution is 2.48. The maximum Gasteiger partial charge on any atom is 0.412 e. The first-order valence-corrected chi connectivity index (χ1v) is 11.9. The van der Waals surface area contributed by atoms with Crippen LogP contribution in [0.2, 0.25) is 0 Å². The zero-order valence-corrected chi connectivity index (χ0v) is 20.3. The van der Waals surface area contributed by atoms with Crippen molar-refractivity contribution < 1.29 is 29.1 Å². The number of amides is 2. The molecule has 2 aliphatic rings. The second kappa shape index (κ2) is 9.66. The van der Waals surface area contributed by atoms with E-state index in [1.807, 2.05) is 6.92 Å². The van der Waals surface area contributed by atoms with Crippen LogP contribution in [-0.4, -0.2) is 59.8 Å². The number of anilines is 1. The molecule has 2 aromatic carbocycles. The predicted molar refractivity (Wildman–Crippen MR) is 132 cm³/mol. The van der Waals surface area contributed by atoms with Gasteiger partial charge in [0.2, 0.25) is 5.91 Å². The number of nitrogens with zero attached hydrogens (tertiary/aromatic N) is 3. The van der Waals surface area contributed by atoms with E-state index >= 15 is 0 Å². The van der Waals surface area contributed by atoms with E-state index in [1.54, 1.807) is 44.4 Å². The Morgan fingerprint density at radius 3 is 2.60 bits per heavy atom. The summed E-state index contributed by atoms with van der Waals surface area (Å²) < 4.78 is 5.26. The molecule has 0 bridgehead atoms. The minimum absolute atomic E-state index is 0.0244. The van der Waals surface area contributed by atoms with Crippen LogP contribution in [0.15, 0.2) is 47.7 Å². The molecule has 0 aromatic heterocycles. The van der Waals surface area contributed by atoms with E-state index in [2.05, 4.69) is 11.1 Å². The van der Waals surface area contributed by atoms with Crippen LogP contribution in [0.4, 0.5) is 10.5 Å². The molecule has 1 saturated heterocycles. The molecule has 12 heteroatoms. The number of benzene rings is 2. The summed E-state index contributed by atoms with van der Waals surface area (Å²) >= 11 is 0. The molecule has 1 fully saturated rings. The van der Waals surface area contributed by atoms with Gasteiger partial charge in [-0.25, -0.2) is 9.59 Å². The number of carboxylic acid groups (broad SMARTS) is 1. The number of carbonyl (C=O) groups is 3. The monoisotopic (exact) mass is 494 g/mol. The number of rotatable bonds is 7. The summed E-state index contributed by atoms with van der Waals surface area (Å²) in [5, 5.41) is 31.0. The highest BCUT2D eigenvalue weighted by molar-refractivity contribution is 7.32. The van der Waals surface area contributed by atoms with Gasteiger partial charge in [-0.1, -0.05) is 31.2 Å². The Bertz CT molecular complexity index is 1290. The molecular formula is C23H24BN4O6P. The molecule has 180 valence electrons. The lowest BCUT2D eigenvalue weighted by atomic mass is 9.77. The van der Waals surface area contributed by atoms with Crippen LogP contribution in [0.3, 0.4) is 0 Å². The SMILES string of the molecule is BNPOC(=O)C1=C(CN(C(=O)O)c2ccc(C#N)c3ccccc23)[C@H](C)[C@@H]2[C@@H]([C@@H](C)O)C(=O)N12. The van der Waals surface area contributed by atoms with Gasteiger partial charge in [0, 0.05) is 16.7 Å². The van der Waals surface area contributed by atoms with Crippen molar-refractivity contribution in [1.82, 2.24) is 9.90 Å². The number of carbonyl (C=O) groups excluding carboxylic acids is 2. The third kappa shape index (κ3) is 4.04. The van der Waals surface area contributed by atoms with Gasteiger partial charge in [-0.2, -0.15) is 5.26 Å². The van der Waals surface area contributed by atoms with Crippen LogP contribution in [-0.2, 0) is 14.1 Å². The Labute approximate surface area is 204 Å². The number of nitrogens with one attached hydrogen (secondary N) is 1. The molecule has 3 N–H and O–H groups in total. The van der Waals surface area contributed by atoms with Crippen molar-refractivity contribution >= 4 is 51.4 Å². The van der Waals surface area contributed by atoms with Crippen molar-refractivity contribution in [1.29, 1.82) is 5.26 Å². The average molecular weight is 494 g/mol. The van der Waals surface area contributed by atoms with Crippen LogP contribution in [0.25, 0.3) is 10.8 Å². The summed E-state index contributed by atoms with van der Waals surface area (Å²) in [4.78, 5) is 43.5. The molecule has 2 heterocycles. The predicted octanol–water partition coefficient (Wildman–Crippen LogP) is 1.50. The molecule has 2 aromatic rings. The maximum atomic E-state index is 13.0. The molecule has 1 unspecified atom stereocenters. The van der Waals surface area contributed by atoms with E-state index in [-0.39, 0.29) is 27.1 Å². The third-order valence-corrected chi connectivity index (χ3v) is 7.12. The molecule has 0 spiro atoms. The number of β-lactam (4-membered cyclic amide) rings is 1. The topological polar surface area (TPSA) is 143 Å². The number of hydrogen-bond donors (Lipinski definition) is 3. The number of fused-ring (bicyclic) bond motifs is 2. The molecule has 2 amide bonds. The van der Waals surface area contributed by atoms with E-state index in [0.717, 1.165) is 4.90 Å². The summed E-state index contributed by atoms with van der Waals surface area (Å²) in [5.41, 5.74) is 1.23. The highest BCUT2D eigenvalue weighted by Gasteiger charge is 2.60. The Morgan fingerprint density at radius 2 is 2.00 bits per heavy atom. The largest absolute Gasteiger partial charge is 0.465 e. The fraction of sp³-hybridized carbons (Fsp3) is 0.304. The first-order chi connectivity index (χ1) is 16.7. The number of aliphatic hydroxyl groups excluding tert-OH is 1. The van der Waals surface area contributed by atoms with Crippen molar-refractivity contribution in [2.75, 3.05) is 11.4 Å². The molecule has 10 nitrogen and oxygen atoms in total. The molecule has 2 aliphatic heterocycles. The van der Waals surface area contributed by atoms with Crippen molar-refractivity contribution in [3.05, 3.63) is 53.2 Å². The summed E-state index contributed by atoms with van der Waals surface area (Å²) in [6, 6.07) is 11.8. The second-order valence-corrected chi connectivity index (χ2v) is 9.44. The molecule has 0 saturated carbocycles. The fourth-order valence-corrected chi connectivity index (χ4v) is 5.32. The van der Waals surface area contributed by atoms with Crippen molar-refractivity contribution in [2.24, 2.45) is 11.8 Å². The quantitative estimate of drug-likeness (QED) is 0.299. The van der Waals surface area contributed by atoms with Gasteiger partial charge in [-0.05, 0) is 24.6 Å². The maximum absolute atomic E-state index is 13.0. The van der Waals surface area contributed by atoms with Crippen molar-refractivity contribution in [2.45, 2.75) is 26.0 Å². The first-order valence-electron chi connectivity index (χ1n) is 11.0. The lowest BCUT2D eigenvalue weighted by Crippen LogP contribution is -2.63. The minimum atomic E-state index is -1.25. The number of aliphatic hydroxyl groups is 1. The highest BCUT2D eigenvalue weighted by atomic mass is 31.1. The van der Waals surface area contributed by atoms with Gasteiger partial charge in [0.15, 0.2) is 7.98 Å². The minimum Gasteiger partial charge on any atom is -0.465 e. The number of nitriles is 1. The summed E-state index contributed by atoms with van der Waals surface area (Å²) in [6.07, 6.45) is -2.17. The van der Waals surface area contributed by atoms with Gasteiger partial charge in [-0.3, -0.25) is 9.69 Å². The third-order valence-electron chi connectivity index (χ3n) is 6.63. The van der Waals surface area contributed by atoms with Crippen LogP contribution in [0, 0.1) is 23.2 Å². The standard InChI is InChI=1S/C23H24BN4O6P/c1-11-16(20(22(31)34-35-26-24)28-19(11)18(12(2)29)21(28)30)10-27(23(32)33)17-8-7-13(9-25)14-5-3-4-6-15(14)17/h3-8,11-12,18-19,26,29,35H,10,24H2,1-2H3,(H,32,33)/t11-,12+,18+,19+/m0/s1. The normalized spacial score (nSPS) is 22.2. The van der Waals surface area contributed by atoms with Crippen LogP contribution in [0.1, 0.15) is 19.4 Å². The van der Waals surface area contributed by atoms with Gasteiger partial charge in [0.05, 0.1) is 41.9 Å². The van der Waals surface area contributed by atoms with Gasteiger partial charge in [0.25, 0.3) is 0 Å². The summed E-state index contributed by atoms with van der Waals surface area (Å²) in [5.74, 6) is -2.20. The molecule has 35 heavy (non-hydrogen) atoms. The Balaban J connectivity index is 1.81. The van der Waals surface area contributed by atoms with E-state index in [0.29, 0.717) is 27.6 Å². The zero-order chi connectivity index (χ0) is 25.4. The smallest absolute Gasteiger partial charge is 0.412 e. The van der Waals surface area contributed by atoms with E-state index in [9.17, 15) is 29.9 Å². The lowest BCUT2D eigenvalue weighted by Gasteiger charge is -2.46. The van der Waals surface area contributed by atoms with Gasteiger partial charge >= 0.3 is 12.1 Å². The fourth-order valence-electron chi connectivity index (χ4n) is 5.03. The van der Waals surface area contributed by atoms with E-state index in [4.69, 9.17) is 4.52 Å². The number of hydrogen-bond acceptors (Lipinski definition) is 7. The van der Waals surface area contributed by atoms with Crippen molar-refractivity contribution in [3.63, 3.8) is 0 Å². The van der Waals surface area contributed by atoms with Crippen LogP contribution in [0.5, 0.6) is 0 Å². The molecule has 4 rings (SSSR count). The van der Waals surface area contributed by atoms with E-state index in [1.165, 1.54) is 11.8 Å². The van der Waals surface area contributed by atoms with Crippen LogP contribution >= 0.6 is 8.96 Å². The summed E-state index contributed by atoms with van der Waals surface area (Å²) in [6.45, 7) is 3.15. The molecule has 0 radical (unpaired) electrons. The second-order valence-electron chi connectivity index (χ2n) is 8.53. The van der Waals surface area contributed by atoms with Crippen LogP contribution < -0.4 is 9.90 Å². The first kappa shape index (κ1) is 24.7. The molecule has 0 aliphatic carbocycles. The Kier molecular flexibility index (Phi) is 6.81. The average Bonchev–Trinajstić information content (AvgIpc) is 3.07. The molecular weight excluding hydrogens is 470 g/mol. The van der Waals surface area contributed by atoms with E-state index < -0.39 is 36.0 Å². The van der Waals surface area contributed by atoms with Gasteiger partial charge in [0.1, 0.15) is 14.7 Å². The lowest BCUT2D eigenvalue weighted by molar-refractivity contribution is -0.162. The van der Waals surface area contributed by atoms with Gasteiger partial charge in [-0.15, -0.1) is 0 Å². The molecule has 5 atom stereocenters.